The number of furan rings is 1. The van der Waals surface area contributed by atoms with Crippen molar-refractivity contribution in [3.05, 3.63) is 83.6 Å². The predicted octanol–water partition coefficient (Wildman–Crippen LogP) is 5.63. The van der Waals surface area contributed by atoms with Crippen LogP contribution in [0.25, 0.3) is 11.3 Å². The Bertz CT molecular complexity index is 1150. The number of amides is 2. The zero-order chi connectivity index (χ0) is 20.9. The van der Waals surface area contributed by atoms with Gasteiger partial charge in [-0.2, -0.15) is 0 Å². The maximum atomic E-state index is 12.5. The first-order valence-corrected chi connectivity index (χ1v) is 11.1. The van der Waals surface area contributed by atoms with Crippen LogP contribution in [0.3, 0.4) is 0 Å². The smallest absolute Gasteiger partial charge is 0.291 e. The fraction of sp³-hybridized carbons (Fsp3) is 0.0455. The van der Waals surface area contributed by atoms with E-state index < -0.39 is 0 Å². The molecular formula is C22H17N3O3S2. The largest absolute Gasteiger partial charge is 0.459 e. The number of nitrogens with zero attached hydrogens (tertiary/aromatic N) is 1. The van der Waals surface area contributed by atoms with Crippen LogP contribution in [-0.4, -0.2) is 23.1 Å². The third kappa shape index (κ3) is 4.61. The zero-order valence-corrected chi connectivity index (χ0v) is 17.5. The number of carbonyl (C=O) groups is 2. The molecule has 0 saturated heterocycles. The molecule has 4 aromatic rings. The highest BCUT2D eigenvalue weighted by Gasteiger charge is 2.12. The van der Waals surface area contributed by atoms with E-state index in [0.29, 0.717) is 16.4 Å². The first kappa shape index (κ1) is 19.9. The van der Waals surface area contributed by atoms with Gasteiger partial charge in [0.25, 0.3) is 11.8 Å². The van der Waals surface area contributed by atoms with Gasteiger partial charge in [-0.3, -0.25) is 14.9 Å². The maximum Gasteiger partial charge on any atom is 0.291 e. The number of aromatic nitrogens is 1. The molecule has 8 heteroatoms. The van der Waals surface area contributed by atoms with Gasteiger partial charge in [-0.05, 0) is 54.8 Å². The first-order valence-electron chi connectivity index (χ1n) is 8.98. The predicted molar refractivity (Wildman–Crippen MR) is 120 cm³/mol. The molecule has 150 valence electrons. The lowest BCUT2D eigenvalue weighted by atomic mass is 10.2. The van der Waals surface area contributed by atoms with Gasteiger partial charge in [0, 0.05) is 27.1 Å². The van der Waals surface area contributed by atoms with Gasteiger partial charge in [-0.25, -0.2) is 4.98 Å². The van der Waals surface area contributed by atoms with E-state index in [1.54, 1.807) is 48.2 Å². The zero-order valence-electron chi connectivity index (χ0n) is 15.9. The molecule has 2 amide bonds. The summed E-state index contributed by atoms with van der Waals surface area (Å²) in [4.78, 5) is 30.2. The number of hydrogen-bond acceptors (Lipinski definition) is 6. The normalized spacial score (nSPS) is 10.6. The quantitative estimate of drug-likeness (QED) is 0.384. The Balaban J connectivity index is 1.39. The number of anilines is 2. The van der Waals surface area contributed by atoms with E-state index in [0.717, 1.165) is 11.3 Å². The van der Waals surface area contributed by atoms with Crippen LogP contribution < -0.4 is 10.6 Å². The molecule has 6 nitrogen and oxygen atoms in total. The van der Waals surface area contributed by atoms with Gasteiger partial charge in [0.1, 0.15) is 0 Å². The van der Waals surface area contributed by atoms with Gasteiger partial charge in [0.2, 0.25) is 0 Å². The summed E-state index contributed by atoms with van der Waals surface area (Å²) in [6.07, 6.45) is 3.47. The van der Waals surface area contributed by atoms with E-state index in [-0.39, 0.29) is 17.6 Å². The molecule has 0 aliphatic rings. The summed E-state index contributed by atoms with van der Waals surface area (Å²) < 4.78 is 5.06. The molecule has 0 atom stereocenters. The van der Waals surface area contributed by atoms with Crippen LogP contribution in [0, 0.1) is 0 Å². The van der Waals surface area contributed by atoms with Crippen molar-refractivity contribution in [1.82, 2.24) is 4.98 Å². The molecule has 0 aliphatic carbocycles. The lowest BCUT2D eigenvalue weighted by Gasteiger charge is -2.05. The number of thiazole rings is 1. The lowest BCUT2D eigenvalue weighted by molar-refractivity contribution is 0.0995. The second-order valence-corrected chi connectivity index (χ2v) is 7.97. The van der Waals surface area contributed by atoms with E-state index in [2.05, 4.69) is 15.6 Å². The summed E-state index contributed by atoms with van der Waals surface area (Å²) in [6, 6.07) is 18.0. The van der Waals surface area contributed by atoms with Crippen molar-refractivity contribution < 1.29 is 14.0 Å². The molecule has 2 N–H and O–H groups in total. The molecule has 4 rings (SSSR count). The van der Waals surface area contributed by atoms with Crippen molar-refractivity contribution in [2.75, 3.05) is 16.9 Å². The molecule has 0 bridgehead atoms. The summed E-state index contributed by atoms with van der Waals surface area (Å²) in [5.74, 6) is -0.393. The van der Waals surface area contributed by atoms with Gasteiger partial charge in [-0.1, -0.05) is 12.1 Å². The van der Waals surface area contributed by atoms with Gasteiger partial charge in [0.05, 0.1) is 12.0 Å². The van der Waals surface area contributed by atoms with Gasteiger partial charge in [0.15, 0.2) is 10.9 Å². The number of carbonyl (C=O) groups excluding carboxylic acids is 2. The highest BCUT2D eigenvalue weighted by Crippen LogP contribution is 2.27. The molecule has 2 aromatic carbocycles. The fourth-order valence-electron chi connectivity index (χ4n) is 2.70. The molecule has 30 heavy (non-hydrogen) atoms. The van der Waals surface area contributed by atoms with Gasteiger partial charge in [-0.15, -0.1) is 23.1 Å². The van der Waals surface area contributed by atoms with Crippen molar-refractivity contribution in [3.8, 4) is 11.3 Å². The summed E-state index contributed by atoms with van der Waals surface area (Å²) in [7, 11) is 0. The van der Waals surface area contributed by atoms with Crippen LogP contribution in [0.1, 0.15) is 20.9 Å². The Labute approximate surface area is 181 Å². The van der Waals surface area contributed by atoms with Crippen LogP contribution >= 0.6 is 23.1 Å². The fourth-order valence-corrected chi connectivity index (χ4v) is 3.82. The average Bonchev–Trinajstić information content (AvgIpc) is 3.47. The summed E-state index contributed by atoms with van der Waals surface area (Å²) in [5, 5.41) is 7.97. The Morgan fingerprint density at radius 2 is 1.73 bits per heavy atom. The highest BCUT2D eigenvalue weighted by molar-refractivity contribution is 7.98. The Morgan fingerprint density at radius 1 is 0.967 bits per heavy atom. The van der Waals surface area contributed by atoms with E-state index in [1.807, 2.05) is 35.9 Å². The Hall–Kier alpha value is -3.36. The summed E-state index contributed by atoms with van der Waals surface area (Å²) >= 11 is 3.06. The second-order valence-electron chi connectivity index (χ2n) is 6.23. The molecule has 0 saturated carbocycles. The van der Waals surface area contributed by atoms with Crippen molar-refractivity contribution in [2.45, 2.75) is 4.90 Å². The molecule has 0 aliphatic heterocycles. The maximum absolute atomic E-state index is 12.5. The average molecular weight is 436 g/mol. The molecule has 2 aromatic heterocycles. The van der Waals surface area contributed by atoms with Crippen molar-refractivity contribution >= 4 is 45.7 Å². The minimum Gasteiger partial charge on any atom is -0.459 e. The van der Waals surface area contributed by atoms with Crippen LogP contribution in [0.4, 0.5) is 10.8 Å². The molecule has 0 unspecified atom stereocenters. The van der Waals surface area contributed by atoms with Gasteiger partial charge >= 0.3 is 0 Å². The number of thioether (sulfide) groups is 1. The van der Waals surface area contributed by atoms with Crippen molar-refractivity contribution in [1.29, 1.82) is 0 Å². The molecular weight excluding hydrogens is 418 g/mol. The minimum atomic E-state index is -0.349. The number of nitrogens with one attached hydrogen (secondary N) is 2. The summed E-state index contributed by atoms with van der Waals surface area (Å²) in [5.41, 5.74) is 2.85. The Morgan fingerprint density at radius 3 is 2.40 bits per heavy atom. The minimum absolute atomic E-state index is 0.222. The van der Waals surface area contributed by atoms with E-state index in [4.69, 9.17) is 4.42 Å². The monoisotopic (exact) mass is 435 g/mol. The summed E-state index contributed by atoms with van der Waals surface area (Å²) in [6.45, 7) is 0. The topological polar surface area (TPSA) is 84.2 Å². The first-order chi connectivity index (χ1) is 14.6. The van der Waals surface area contributed by atoms with E-state index in [1.165, 1.54) is 22.5 Å². The van der Waals surface area contributed by atoms with Crippen LogP contribution in [0.5, 0.6) is 0 Å². The van der Waals surface area contributed by atoms with Crippen molar-refractivity contribution in [3.63, 3.8) is 0 Å². The number of benzene rings is 2. The second kappa shape index (κ2) is 8.98. The Kier molecular flexibility index (Phi) is 5.97. The molecule has 0 radical (unpaired) electrons. The molecule has 0 fully saturated rings. The van der Waals surface area contributed by atoms with Crippen LogP contribution in [0.15, 0.2) is 81.6 Å². The SMILES string of the molecule is CSc1ccc(-c2csc(NC(=O)c3ccc(NC(=O)c4ccco4)cc3)n2)cc1. The van der Waals surface area contributed by atoms with E-state index in [9.17, 15) is 9.59 Å². The highest BCUT2D eigenvalue weighted by atomic mass is 32.2. The number of rotatable bonds is 6. The van der Waals surface area contributed by atoms with Crippen molar-refractivity contribution in [2.24, 2.45) is 0 Å². The van der Waals surface area contributed by atoms with E-state index >= 15 is 0 Å². The lowest BCUT2D eigenvalue weighted by Crippen LogP contribution is -2.13. The third-order valence-electron chi connectivity index (χ3n) is 4.26. The third-order valence-corrected chi connectivity index (χ3v) is 5.76. The molecule has 0 spiro atoms. The van der Waals surface area contributed by atoms with Crippen LogP contribution in [0.2, 0.25) is 0 Å². The standard InChI is InChI=1S/C22H17N3O3S2/c1-29-17-10-6-14(7-11-17)18-13-30-22(24-18)25-20(26)15-4-8-16(9-5-15)23-21(27)19-3-2-12-28-19/h2-13H,1H3,(H,23,27)(H,24,25,26). The van der Waals surface area contributed by atoms with Crippen LogP contribution in [-0.2, 0) is 0 Å². The van der Waals surface area contributed by atoms with Gasteiger partial charge < -0.3 is 9.73 Å². The molecule has 2 heterocycles. The number of hydrogen-bond donors (Lipinski definition) is 2.